The number of hydrogen-bond acceptors (Lipinski definition) is 3. The average Bonchev–Trinajstić information content (AvgIpc) is 2.48. The third-order valence-electron chi connectivity index (χ3n) is 3.28. The standard InChI is InChI=1S/C16H17NO2/c1-16(12-18,11-14-5-3-4-10-17-14)13-6-8-15(19-2)9-7-13/h3-10,12H,11H2,1-2H3. The Bertz CT molecular complexity index is 536. The molecule has 0 aliphatic rings. The molecule has 98 valence electrons. The maximum absolute atomic E-state index is 11.5. The number of benzene rings is 1. The van der Waals surface area contributed by atoms with E-state index in [-0.39, 0.29) is 0 Å². The van der Waals surface area contributed by atoms with Gasteiger partial charge >= 0.3 is 0 Å². The third-order valence-corrected chi connectivity index (χ3v) is 3.28. The van der Waals surface area contributed by atoms with E-state index in [0.29, 0.717) is 6.42 Å². The van der Waals surface area contributed by atoms with Gasteiger partial charge in [0.15, 0.2) is 0 Å². The molecule has 0 fully saturated rings. The summed E-state index contributed by atoms with van der Waals surface area (Å²) in [5.74, 6) is 0.787. The van der Waals surface area contributed by atoms with Crippen LogP contribution >= 0.6 is 0 Å². The van der Waals surface area contributed by atoms with Crippen molar-refractivity contribution in [3.8, 4) is 5.75 Å². The number of ether oxygens (including phenoxy) is 1. The summed E-state index contributed by atoms with van der Waals surface area (Å²) in [7, 11) is 1.63. The molecule has 2 aromatic rings. The summed E-state index contributed by atoms with van der Waals surface area (Å²) in [5, 5.41) is 0. The fraction of sp³-hybridized carbons (Fsp3) is 0.250. The van der Waals surface area contributed by atoms with E-state index in [1.165, 1.54) is 0 Å². The van der Waals surface area contributed by atoms with Crippen LogP contribution in [0.1, 0.15) is 18.2 Å². The molecule has 3 heteroatoms. The lowest BCUT2D eigenvalue weighted by Gasteiger charge is -2.23. The van der Waals surface area contributed by atoms with Crippen LogP contribution in [-0.4, -0.2) is 18.4 Å². The number of methoxy groups -OCH3 is 1. The summed E-state index contributed by atoms with van der Waals surface area (Å²) >= 11 is 0. The average molecular weight is 255 g/mol. The summed E-state index contributed by atoms with van der Waals surface area (Å²) in [5.41, 5.74) is 1.31. The Morgan fingerprint density at radius 2 is 1.95 bits per heavy atom. The predicted octanol–water partition coefficient (Wildman–Crippen LogP) is 2.79. The van der Waals surface area contributed by atoms with E-state index in [9.17, 15) is 4.79 Å². The van der Waals surface area contributed by atoms with Crippen LogP contribution < -0.4 is 4.74 Å². The van der Waals surface area contributed by atoms with E-state index in [2.05, 4.69) is 4.98 Å². The first kappa shape index (κ1) is 13.3. The molecule has 0 saturated carbocycles. The van der Waals surface area contributed by atoms with Gasteiger partial charge in [0.1, 0.15) is 12.0 Å². The Morgan fingerprint density at radius 3 is 2.47 bits per heavy atom. The van der Waals surface area contributed by atoms with Gasteiger partial charge in [0.25, 0.3) is 0 Å². The SMILES string of the molecule is COc1ccc(C(C)(C=O)Cc2ccccn2)cc1. The molecule has 0 spiro atoms. The van der Waals surface area contributed by atoms with Crippen molar-refractivity contribution in [1.29, 1.82) is 0 Å². The van der Waals surface area contributed by atoms with Gasteiger partial charge in [0, 0.05) is 18.3 Å². The van der Waals surface area contributed by atoms with Crippen LogP contribution in [0.2, 0.25) is 0 Å². The number of carbonyl (C=O) groups is 1. The van der Waals surface area contributed by atoms with Crippen molar-refractivity contribution < 1.29 is 9.53 Å². The molecule has 0 aliphatic heterocycles. The highest BCUT2D eigenvalue weighted by atomic mass is 16.5. The van der Waals surface area contributed by atoms with Crippen LogP contribution in [0.3, 0.4) is 0 Å². The molecule has 0 bridgehead atoms. The van der Waals surface area contributed by atoms with E-state index < -0.39 is 5.41 Å². The van der Waals surface area contributed by atoms with E-state index in [1.54, 1.807) is 13.3 Å². The molecule has 19 heavy (non-hydrogen) atoms. The fourth-order valence-corrected chi connectivity index (χ4v) is 2.06. The van der Waals surface area contributed by atoms with Gasteiger partial charge in [-0.1, -0.05) is 18.2 Å². The summed E-state index contributed by atoms with van der Waals surface area (Å²) in [4.78, 5) is 15.8. The molecule has 0 saturated heterocycles. The van der Waals surface area contributed by atoms with Gasteiger partial charge in [-0.15, -0.1) is 0 Å². The van der Waals surface area contributed by atoms with Crippen molar-refractivity contribution in [1.82, 2.24) is 4.98 Å². The molecule has 1 unspecified atom stereocenters. The molecule has 1 atom stereocenters. The molecule has 1 aromatic heterocycles. The minimum absolute atomic E-state index is 0.569. The maximum atomic E-state index is 11.5. The van der Waals surface area contributed by atoms with Crippen molar-refractivity contribution in [3.05, 3.63) is 59.9 Å². The zero-order valence-corrected chi connectivity index (χ0v) is 11.2. The van der Waals surface area contributed by atoms with Crippen LogP contribution in [0.5, 0.6) is 5.75 Å². The second kappa shape index (κ2) is 5.65. The Balaban J connectivity index is 2.28. The summed E-state index contributed by atoms with van der Waals surface area (Å²) in [6.45, 7) is 1.93. The largest absolute Gasteiger partial charge is 0.497 e. The second-order valence-electron chi connectivity index (χ2n) is 4.76. The van der Waals surface area contributed by atoms with E-state index in [1.807, 2.05) is 49.4 Å². The molecule has 3 nitrogen and oxygen atoms in total. The predicted molar refractivity (Wildman–Crippen MR) is 74.4 cm³/mol. The zero-order valence-electron chi connectivity index (χ0n) is 11.2. The van der Waals surface area contributed by atoms with Crippen LogP contribution in [0.15, 0.2) is 48.7 Å². The van der Waals surface area contributed by atoms with E-state index in [4.69, 9.17) is 4.74 Å². The molecular formula is C16H17NO2. The van der Waals surface area contributed by atoms with Crippen LogP contribution in [-0.2, 0) is 16.6 Å². The van der Waals surface area contributed by atoms with Crippen LogP contribution in [0, 0.1) is 0 Å². The molecular weight excluding hydrogens is 238 g/mol. The molecule has 1 heterocycles. The van der Waals surface area contributed by atoms with Crippen LogP contribution in [0.4, 0.5) is 0 Å². The Kier molecular flexibility index (Phi) is 3.95. The number of carbonyl (C=O) groups excluding carboxylic acids is 1. The number of aromatic nitrogens is 1. The summed E-state index contributed by atoms with van der Waals surface area (Å²) in [6.07, 6.45) is 3.32. The Labute approximate surface area is 113 Å². The van der Waals surface area contributed by atoms with Crippen molar-refractivity contribution in [2.75, 3.05) is 7.11 Å². The zero-order chi connectivity index (χ0) is 13.7. The molecule has 0 amide bonds. The lowest BCUT2D eigenvalue weighted by molar-refractivity contribution is -0.112. The van der Waals surface area contributed by atoms with Crippen molar-refractivity contribution in [2.45, 2.75) is 18.8 Å². The minimum atomic E-state index is -0.569. The lowest BCUT2D eigenvalue weighted by atomic mass is 9.80. The summed E-state index contributed by atoms with van der Waals surface area (Å²) < 4.78 is 5.13. The van der Waals surface area contributed by atoms with Crippen molar-refractivity contribution >= 4 is 6.29 Å². The maximum Gasteiger partial charge on any atom is 0.130 e. The van der Waals surface area contributed by atoms with Crippen LogP contribution in [0.25, 0.3) is 0 Å². The number of rotatable bonds is 5. The smallest absolute Gasteiger partial charge is 0.130 e. The molecule has 0 N–H and O–H groups in total. The van der Waals surface area contributed by atoms with Gasteiger partial charge in [0.05, 0.1) is 12.5 Å². The number of pyridine rings is 1. The highest BCUT2D eigenvalue weighted by molar-refractivity contribution is 5.68. The monoisotopic (exact) mass is 255 g/mol. The van der Waals surface area contributed by atoms with Gasteiger partial charge in [-0.2, -0.15) is 0 Å². The second-order valence-corrected chi connectivity index (χ2v) is 4.76. The Morgan fingerprint density at radius 1 is 1.21 bits per heavy atom. The van der Waals surface area contributed by atoms with Gasteiger partial charge in [0.2, 0.25) is 0 Å². The number of hydrogen-bond donors (Lipinski definition) is 0. The minimum Gasteiger partial charge on any atom is -0.497 e. The fourth-order valence-electron chi connectivity index (χ4n) is 2.06. The molecule has 0 radical (unpaired) electrons. The normalized spacial score (nSPS) is 13.6. The van der Waals surface area contributed by atoms with Crippen molar-refractivity contribution in [3.63, 3.8) is 0 Å². The Hall–Kier alpha value is -2.16. The van der Waals surface area contributed by atoms with Gasteiger partial charge in [-0.05, 0) is 36.8 Å². The molecule has 1 aromatic carbocycles. The molecule has 2 rings (SSSR count). The topological polar surface area (TPSA) is 39.2 Å². The quantitative estimate of drug-likeness (QED) is 0.771. The van der Waals surface area contributed by atoms with Gasteiger partial charge < -0.3 is 9.53 Å². The lowest BCUT2D eigenvalue weighted by Crippen LogP contribution is -2.27. The number of nitrogens with zero attached hydrogens (tertiary/aromatic N) is 1. The van der Waals surface area contributed by atoms with Gasteiger partial charge in [-0.25, -0.2) is 0 Å². The highest BCUT2D eigenvalue weighted by Gasteiger charge is 2.27. The first-order valence-corrected chi connectivity index (χ1v) is 6.19. The number of aldehydes is 1. The first-order chi connectivity index (χ1) is 9.18. The van der Waals surface area contributed by atoms with Gasteiger partial charge in [-0.3, -0.25) is 4.98 Å². The molecule has 0 aliphatic carbocycles. The summed E-state index contributed by atoms with van der Waals surface area (Å²) in [6, 6.07) is 13.3. The first-order valence-electron chi connectivity index (χ1n) is 6.19. The van der Waals surface area contributed by atoms with Crippen molar-refractivity contribution in [2.24, 2.45) is 0 Å². The van der Waals surface area contributed by atoms with E-state index >= 15 is 0 Å². The highest BCUT2D eigenvalue weighted by Crippen LogP contribution is 2.27. The van der Waals surface area contributed by atoms with E-state index in [0.717, 1.165) is 23.3 Å². The third kappa shape index (κ3) is 2.99.